The topological polar surface area (TPSA) is 54.5 Å². The molecule has 1 atom stereocenters. The van der Waals surface area contributed by atoms with E-state index in [1.54, 1.807) is 30.3 Å². The van der Waals surface area contributed by atoms with Crippen molar-refractivity contribution in [2.24, 2.45) is 5.92 Å². The van der Waals surface area contributed by atoms with Crippen molar-refractivity contribution in [3.63, 3.8) is 0 Å². The zero-order chi connectivity index (χ0) is 19.2. The van der Waals surface area contributed by atoms with Gasteiger partial charge in [0.15, 0.2) is 0 Å². The number of rotatable bonds is 9. The van der Waals surface area contributed by atoms with Crippen LogP contribution in [0.15, 0.2) is 77.0 Å². The molecule has 0 fully saturated rings. The van der Waals surface area contributed by atoms with Gasteiger partial charge in [0.25, 0.3) is 0 Å². The number of nitrogens with zero attached hydrogens (tertiary/aromatic N) is 1. The van der Waals surface area contributed by atoms with Gasteiger partial charge in [-0.3, -0.25) is 4.90 Å². The highest BCUT2D eigenvalue weighted by atomic mass is 32.2. The van der Waals surface area contributed by atoms with Crippen LogP contribution in [0, 0.1) is 5.92 Å². The van der Waals surface area contributed by atoms with E-state index in [9.17, 15) is 13.2 Å². The minimum absolute atomic E-state index is 0.0587. The molecule has 2 aromatic rings. The molecule has 0 unspecified atom stereocenters. The second-order valence-electron chi connectivity index (χ2n) is 6.62. The standard InChI is InChI=1S/C21H25NO3S/c1-17(2)21(16-23)22(15-19-10-6-4-7-11-19)14-18(3)26(24,25)20-12-8-5-9-13-20/h4-13,16-17,21H,3,14-15H2,1-2H3/t21-/m1/s1. The zero-order valence-corrected chi connectivity index (χ0v) is 16.0. The molecule has 0 saturated carbocycles. The number of carbonyl (C=O) groups excluding carboxylic acids is 1. The van der Waals surface area contributed by atoms with Gasteiger partial charge in [0.1, 0.15) is 6.29 Å². The Morgan fingerprint density at radius 2 is 1.58 bits per heavy atom. The predicted molar refractivity (Wildman–Crippen MR) is 104 cm³/mol. The fourth-order valence-electron chi connectivity index (χ4n) is 2.83. The van der Waals surface area contributed by atoms with Crippen LogP contribution in [0.1, 0.15) is 19.4 Å². The monoisotopic (exact) mass is 371 g/mol. The van der Waals surface area contributed by atoms with Crippen LogP contribution < -0.4 is 0 Å². The molecule has 0 aromatic heterocycles. The molecular weight excluding hydrogens is 346 g/mol. The fraction of sp³-hybridized carbons (Fsp3) is 0.286. The normalized spacial score (nSPS) is 12.9. The van der Waals surface area contributed by atoms with Crippen molar-refractivity contribution < 1.29 is 13.2 Å². The van der Waals surface area contributed by atoms with Crippen LogP contribution >= 0.6 is 0 Å². The van der Waals surface area contributed by atoms with E-state index in [0.717, 1.165) is 11.8 Å². The third-order valence-electron chi connectivity index (χ3n) is 4.29. The van der Waals surface area contributed by atoms with Crippen LogP contribution in [-0.4, -0.2) is 32.2 Å². The summed E-state index contributed by atoms with van der Waals surface area (Å²) < 4.78 is 25.6. The summed E-state index contributed by atoms with van der Waals surface area (Å²) in [5.74, 6) is 0.0587. The first-order valence-electron chi connectivity index (χ1n) is 8.57. The molecular formula is C21H25NO3S. The molecule has 0 aliphatic heterocycles. The third-order valence-corrected chi connectivity index (χ3v) is 6.07. The quantitative estimate of drug-likeness (QED) is 0.631. The van der Waals surface area contributed by atoms with Gasteiger partial charge in [-0.1, -0.05) is 69.0 Å². The van der Waals surface area contributed by atoms with Crippen molar-refractivity contribution in [3.05, 3.63) is 77.7 Å². The number of benzene rings is 2. The van der Waals surface area contributed by atoms with Crippen LogP contribution in [0.3, 0.4) is 0 Å². The SMILES string of the molecule is C=C(CN(Cc1ccccc1)[C@H](C=O)C(C)C)S(=O)(=O)c1ccccc1. The van der Waals surface area contributed by atoms with E-state index in [1.807, 2.05) is 49.1 Å². The average Bonchev–Trinajstić information content (AvgIpc) is 2.63. The van der Waals surface area contributed by atoms with Gasteiger partial charge < -0.3 is 4.79 Å². The molecule has 0 N–H and O–H groups in total. The van der Waals surface area contributed by atoms with Crippen molar-refractivity contribution in [3.8, 4) is 0 Å². The van der Waals surface area contributed by atoms with Gasteiger partial charge >= 0.3 is 0 Å². The summed E-state index contributed by atoms with van der Waals surface area (Å²) in [7, 11) is -3.65. The van der Waals surface area contributed by atoms with E-state index in [0.29, 0.717) is 6.54 Å². The largest absolute Gasteiger partial charge is 0.302 e. The molecule has 0 saturated heterocycles. The Morgan fingerprint density at radius 1 is 1.04 bits per heavy atom. The van der Waals surface area contributed by atoms with Crippen molar-refractivity contribution >= 4 is 16.1 Å². The van der Waals surface area contributed by atoms with E-state index in [2.05, 4.69) is 6.58 Å². The lowest BCUT2D eigenvalue weighted by Crippen LogP contribution is -2.41. The number of carbonyl (C=O) groups is 1. The Morgan fingerprint density at radius 3 is 2.08 bits per heavy atom. The van der Waals surface area contributed by atoms with E-state index in [-0.39, 0.29) is 22.3 Å². The number of hydrogen-bond acceptors (Lipinski definition) is 4. The first-order valence-corrected chi connectivity index (χ1v) is 10.1. The smallest absolute Gasteiger partial charge is 0.203 e. The van der Waals surface area contributed by atoms with Gasteiger partial charge in [-0.25, -0.2) is 8.42 Å². The molecule has 0 aliphatic rings. The number of hydrogen-bond donors (Lipinski definition) is 0. The van der Waals surface area contributed by atoms with Crippen LogP contribution in [0.5, 0.6) is 0 Å². The Bertz CT molecular complexity index is 830. The highest BCUT2D eigenvalue weighted by Crippen LogP contribution is 2.22. The van der Waals surface area contributed by atoms with E-state index in [4.69, 9.17) is 0 Å². The fourth-order valence-corrected chi connectivity index (χ4v) is 4.01. The molecule has 5 heteroatoms. The Kier molecular flexibility index (Phi) is 6.89. The lowest BCUT2D eigenvalue weighted by Gasteiger charge is -2.31. The molecule has 26 heavy (non-hydrogen) atoms. The van der Waals surface area contributed by atoms with Crippen LogP contribution in [-0.2, 0) is 21.2 Å². The molecule has 2 aromatic carbocycles. The molecule has 138 valence electrons. The van der Waals surface area contributed by atoms with Crippen molar-refractivity contribution in [1.82, 2.24) is 4.90 Å². The lowest BCUT2D eigenvalue weighted by molar-refractivity contribution is -0.113. The molecule has 0 spiro atoms. The maximum atomic E-state index is 12.8. The summed E-state index contributed by atoms with van der Waals surface area (Å²) in [6, 6.07) is 17.6. The van der Waals surface area contributed by atoms with Gasteiger partial charge in [0, 0.05) is 13.1 Å². The summed E-state index contributed by atoms with van der Waals surface area (Å²) in [6.07, 6.45) is 0.885. The molecule has 0 amide bonds. The maximum absolute atomic E-state index is 12.8. The lowest BCUT2D eigenvalue weighted by atomic mass is 10.0. The minimum Gasteiger partial charge on any atom is -0.302 e. The summed E-state index contributed by atoms with van der Waals surface area (Å²) in [5.41, 5.74) is 1.02. The van der Waals surface area contributed by atoms with Gasteiger partial charge in [0.05, 0.1) is 15.8 Å². The number of sulfone groups is 1. The highest BCUT2D eigenvalue weighted by molar-refractivity contribution is 7.95. The molecule has 0 radical (unpaired) electrons. The summed E-state index contributed by atoms with van der Waals surface area (Å²) in [4.78, 5) is 13.8. The minimum atomic E-state index is -3.65. The first-order chi connectivity index (χ1) is 12.4. The zero-order valence-electron chi connectivity index (χ0n) is 15.2. The Labute approximate surface area is 156 Å². The maximum Gasteiger partial charge on any atom is 0.203 e. The average molecular weight is 372 g/mol. The second-order valence-corrected chi connectivity index (χ2v) is 8.67. The van der Waals surface area contributed by atoms with Gasteiger partial charge in [-0.15, -0.1) is 0 Å². The predicted octanol–water partition coefficient (Wildman–Crippen LogP) is 3.70. The van der Waals surface area contributed by atoms with Crippen molar-refractivity contribution in [2.45, 2.75) is 31.3 Å². The molecule has 4 nitrogen and oxygen atoms in total. The third kappa shape index (κ3) is 4.90. The molecule has 0 bridgehead atoms. The number of aldehydes is 1. The van der Waals surface area contributed by atoms with Crippen molar-refractivity contribution in [1.29, 1.82) is 0 Å². The van der Waals surface area contributed by atoms with Gasteiger partial charge in [-0.05, 0) is 23.6 Å². The van der Waals surface area contributed by atoms with Gasteiger partial charge in [0.2, 0.25) is 9.84 Å². The summed E-state index contributed by atoms with van der Waals surface area (Å²) in [5, 5.41) is 0. The van der Waals surface area contributed by atoms with Crippen molar-refractivity contribution in [2.75, 3.05) is 6.54 Å². The molecule has 0 heterocycles. The first kappa shape index (κ1) is 20.1. The second kappa shape index (κ2) is 8.92. The van der Waals surface area contributed by atoms with E-state index in [1.165, 1.54) is 0 Å². The Hall–Kier alpha value is -2.24. The highest BCUT2D eigenvalue weighted by Gasteiger charge is 2.26. The molecule has 2 rings (SSSR count). The van der Waals surface area contributed by atoms with Gasteiger partial charge in [-0.2, -0.15) is 0 Å². The summed E-state index contributed by atoms with van der Waals surface area (Å²) in [6.45, 7) is 8.30. The van der Waals surface area contributed by atoms with Crippen LogP contribution in [0.25, 0.3) is 0 Å². The van der Waals surface area contributed by atoms with Crippen LogP contribution in [0.4, 0.5) is 0 Å². The van der Waals surface area contributed by atoms with E-state index >= 15 is 0 Å². The van der Waals surface area contributed by atoms with E-state index < -0.39 is 15.9 Å². The molecule has 0 aliphatic carbocycles. The summed E-state index contributed by atoms with van der Waals surface area (Å²) >= 11 is 0. The van der Waals surface area contributed by atoms with Crippen LogP contribution in [0.2, 0.25) is 0 Å². The Balaban J connectivity index is 2.28.